The molecule has 1 heterocycles. The van der Waals surface area contributed by atoms with Crippen LogP contribution in [0.2, 0.25) is 0 Å². The Balaban J connectivity index is 1.72. The van der Waals surface area contributed by atoms with E-state index in [2.05, 4.69) is 17.5 Å². The molecule has 0 aromatic rings. The second kappa shape index (κ2) is 6.58. The summed E-state index contributed by atoms with van der Waals surface area (Å²) in [5, 5.41) is 12.5. The van der Waals surface area contributed by atoms with Crippen molar-refractivity contribution < 1.29 is 19.4 Å². The lowest BCUT2D eigenvalue weighted by Crippen LogP contribution is -2.42. The molecule has 118 valence electrons. The van der Waals surface area contributed by atoms with Crippen molar-refractivity contribution in [3.05, 3.63) is 12.2 Å². The number of imide groups is 1. The lowest BCUT2D eigenvalue weighted by atomic mass is 9.95. The number of β-amino-alcohol motifs (C(OH)–C–C–N with tert-alkyl or cyclic N) is 1. The number of aliphatic hydroxyl groups excluding tert-OH is 1. The fraction of sp³-hybridized carbons (Fsp3) is 0.733. The number of aliphatic hydroxyl groups is 1. The van der Waals surface area contributed by atoms with E-state index in [0.717, 1.165) is 24.2 Å². The lowest BCUT2D eigenvalue weighted by molar-refractivity contribution is -0.131. The van der Waals surface area contributed by atoms with Gasteiger partial charge in [0.05, 0.1) is 19.3 Å². The van der Waals surface area contributed by atoms with Gasteiger partial charge >= 0.3 is 6.03 Å². The predicted molar refractivity (Wildman–Crippen MR) is 77.6 cm³/mol. The smallest absolute Gasteiger partial charge is 0.325 e. The molecule has 2 N–H and O–H groups in total. The fourth-order valence-electron chi connectivity index (χ4n) is 2.63. The van der Waals surface area contributed by atoms with Crippen LogP contribution in [-0.2, 0) is 9.53 Å². The molecule has 1 fully saturated rings. The predicted octanol–water partition coefficient (Wildman–Crippen LogP) is 1.05. The highest BCUT2D eigenvalue weighted by molar-refractivity contribution is 6.06. The Hall–Kier alpha value is -1.40. The van der Waals surface area contributed by atoms with Crippen molar-refractivity contribution in [1.29, 1.82) is 0 Å². The Bertz CT molecular complexity index is 433. The normalized spacial score (nSPS) is 26.0. The number of nitrogens with one attached hydrogen (secondary N) is 1. The van der Waals surface area contributed by atoms with Gasteiger partial charge in [-0.15, -0.1) is 0 Å². The number of hydrogen-bond donors (Lipinski definition) is 2. The van der Waals surface area contributed by atoms with Gasteiger partial charge in [0.15, 0.2) is 0 Å². The minimum Gasteiger partial charge on any atom is -0.389 e. The molecule has 0 saturated carbocycles. The number of carbonyl (C=O) groups is 2. The second-order valence-corrected chi connectivity index (χ2v) is 6.31. The number of urea groups is 1. The standard InChI is InChI=1S/C15H24N2O4/c1-15(2)13(19)17(14(20)16-15)8-12(18)10-21-9-11-6-4-3-5-7-11/h3-4,11-12,18H,5-10H2,1-2H3,(H,16,20). The third-order valence-corrected chi connectivity index (χ3v) is 3.88. The first-order valence-electron chi connectivity index (χ1n) is 7.45. The summed E-state index contributed by atoms with van der Waals surface area (Å²) in [6.07, 6.45) is 6.67. The molecule has 21 heavy (non-hydrogen) atoms. The van der Waals surface area contributed by atoms with E-state index in [9.17, 15) is 14.7 Å². The van der Waals surface area contributed by atoms with Gasteiger partial charge in [0.2, 0.25) is 0 Å². The summed E-state index contributed by atoms with van der Waals surface area (Å²) in [7, 11) is 0. The van der Waals surface area contributed by atoms with Crippen LogP contribution in [-0.4, -0.2) is 53.3 Å². The SMILES string of the molecule is CC1(C)NC(=O)N(CC(O)COCC2CC=CCC2)C1=O. The summed E-state index contributed by atoms with van der Waals surface area (Å²) in [4.78, 5) is 24.7. The molecule has 0 spiro atoms. The van der Waals surface area contributed by atoms with Crippen LogP contribution in [0.25, 0.3) is 0 Å². The van der Waals surface area contributed by atoms with Gasteiger partial charge in [0.25, 0.3) is 5.91 Å². The molecule has 1 aliphatic heterocycles. The molecular weight excluding hydrogens is 272 g/mol. The van der Waals surface area contributed by atoms with Gasteiger partial charge in [-0.1, -0.05) is 12.2 Å². The number of allylic oxidation sites excluding steroid dienone is 2. The molecular formula is C15H24N2O4. The minimum atomic E-state index is -0.897. The molecule has 6 heteroatoms. The maximum Gasteiger partial charge on any atom is 0.325 e. The number of rotatable bonds is 6. The Labute approximate surface area is 125 Å². The third-order valence-electron chi connectivity index (χ3n) is 3.88. The highest BCUT2D eigenvalue weighted by Gasteiger charge is 2.44. The Morgan fingerprint density at radius 2 is 2.24 bits per heavy atom. The van der Waals surface area contributed by atoms with E-state index in [-0.39, 0.29) is 19.1 Å². The maximum atomic E-state index is 12.0. The van der Waals surface area contributed by atoms with Crippen LogP contribution in [0.4, 0.5) is 4.79 Å². The first-order chi connectivity index (χ1) is 9.90. The minimum absolute atomic E-state index is 0.0291. The average molecular weight is 296 g/mol. The van der Waals surface area contributed by atoms with Crippen LogP contribution in [0.5, 0.6) is 0 Å². The fourth-order valence-corrected chi connectivity index (χ4v) is 2.63. The first-order valence-corrected chi connectivity index (χ1v) is 7.45. The van der Waals surface area contributed by atoms with Gasteiger partial charge in [-0.05, 0) is 39.0 Å². The molecule has 2 aliphatic rings. The Morgan fingerprint density at radius 1 is 1.48 bits per heavy atom. The third kappa shape index (κ3) is 4.04. The monoisotopic (exact) mass is 296 g/mol. The topological polar surface area (TPSA) is 78.9 Å². The first kappa shape index (κ1) is 16.0. The molecule has 6 nitrogen and oxygen atoms in total. The second-order valence-electron chi connectivity index (χ2n) is 6.31. The zero-order valence-electron chi connectivity index (χ0n) is 12.7. The van der Waals surface area contributed by atoms with Crippen LogP contribution in [0.3, 0.4) is 0 Å². The molecule has 1 saturated heterocycles. The molecule has 1 aliphatic carbocycles. The maximum absolute atomic E-state index is 12.0. The summed E-state index contributed by atoms with van der Waals surface area (Å²) in [5.41, 5.74) is -0.897. The summed E-state index contributed by atoms with van der Waals surface area (Å²) in [6, 6.07) is -0.457. The average Bonchev–Trinajstić information content (AvgIpc) is 2.62. The van der Waals surface area contributed by atoms with Crippen LogP contribution in [0.1, 0.15) is 33.1 Å². The van der Waals surface area contributed by atoms with Crippen LogP contribution in [0, 0.1) is 5.92 Å². The van der Waals surface area contributed by atoms with Crippen molar-refractivity contribution in [2.45, 2.75) is 44.8 Å². The Morgan fingerprint density at radius 3 is 2.81 bits per heavy atom. The molecule has 2 rings (SSSR count). The highest BCUT2D eigenvalue weighted by atomic mass is 16.5. The van der Waals surface area contributed by atoms with Gasteiger partial charge in [-0.2, -0.15) is 0 Å². The number of hydrogen-bond acceptors (Lipinski definition) is 4. The van der Waals surface area contributed by atoms with Crippen molar-refractivity contribution in [2.75, 3.05) is 19.8 Å². The van der Waals surface area contributed by atoms with E-state index >= 15 is 0 Å². The summed E-state index contributed by atoms with van der Waals surface area (Å²) in [5.74, 6) is 0.182. The Kier molecular flexibility index (Phi) is 5.00. The van der Waals surface area contributed by atoms with Crippen LogP contribution >= 0.6 is 0 Å². The van der Waals surface area contributed by atoms with Crippen LogP contribution < -0.4 is 5.32 Å². The van der Waals surface area contributed by atoms with Crippen molar-refractivity contribution in [3.8, 4) is 0 Å². The van der Waals surface area contributed by atoms with Gasteiger partial charge in [0.1, 0.15) is 5.54 Å². The molecule has 3 amide bonds. The number of amides is 3. The summed E-state index contributed by atoms with van der Waals surface area (Å²) < 4.78 is 5.51. The summed E-state index contributed by atoms with van der Waals surface area (Å²) in [6.45, 7) is 4.00. The van der Waals surface area contributed by atoms with E-state index in [1.165, 1.54) is 0 Å². The van der Waals surface area contributed by atoms with Gasteiger partial charge in [-0.3, -0.25) is 9.69 Å². The quantitative estimate of drug-likeness (QED) is 0.567. The van der Waals surface area contributed by atoms with E-state index in [1.54, 1.807) is 13.8 Å². The molecule has 0 bridgehead atoms. The summed E-state index contributed by atoms with van der Waals surface area (Å²) >= 11 is 0. The molecule has 2 atom stereocenters. The van der Waals surface area contributed by atoms with Crippen LogP contribution in [0.15, 0.2) is 12.2 Å². The highest BCUT2D eigenvalue weighted by Crippen LogP contribution is 2.19. The van der Waals surface area contributed by atoms with Gasteiger partial charge < -0.3 is 15.2 Å². The van der Waals surface area contributed by atoms with Crippen molar-refractivity contribution in [2.24, 2.45) is 5.92 Å². The molecule has 0 radical (unpaired) electrons. The van der Waals surface area contributed by atoms with Gasteiger partial charge in [0, 0.05) is 6.61 Å². The van der Waals surface area contributed by atoms with Crippen molar-refractivity contribution >= 4 is 11.9 Å². The van der Waals surface area contributed by atoms with Gasteiger partial charge in [-0.25, -0.2) is 4.79 Å². The number of ether oxygens (including phenoxy) is 1. The largest absolute Gasteiger partial charge is 0.389 e. The van der Waals surface area contributed by atoms with E-state index in [4.69, 9.17) is 4.74 Å². The zero-order valence-corrected chi connectivity index (χ0v) is 12.7. The number of carbonyl (C=O) groups excluding carboxylic acids is 2. The van der Waals surface area contributed by atoms with E-state index < -0.39 is 17.7 Å². The van der Waals surface area contributed by atoms with E-state index in [0.29, 0.717) is 12.5 Å². The molecule has 2 unspecified atom stereocenters. The lowest BCUT2D eigenvalue weighted by Gasteiger charge is -2.21. The number of nitrogens with zero attached hydrogens (tertiary/aromatic N) is 1. The van der Waals surface area contributed by atoms with E-state index in [1.807, 2.05) is 0 Å². The molecule has 0 aromatic carbocycles. The zero-order chi connectivity index (χ0) is 15.5. The molecule has 0 aromatic heterocycles. The van der Waals surface area contributed by atoms with Crippen molar-refractivity contribution in [3.63, 3.8) is 0 Å². The van der Waals surface area contributed by atoms with Crippen molar-refractivity contribution in [1.82, 2.24) is 10.2 Å².